The minimum Gasteiger partial charge on any atom is -0.396 e. The maximum absolute atomic E-state index is 8.92. The van der Waals surface area contributed by atoms with Crippen LogP contribution in [0, 0.1) is 13.8 Å². The van der Waals surface area contributed by atoms with Crippen molar-refractivity contribution in [3.05, 3.63) is 35.0 Å². The van der Waals surface area contributed by atoms with Crippen LogP contribution in [-0.4, -0.2) is 16.7 Å². The Morgan fingerprint density at radius 1 is 1.29 bits per heavy atom. The van der Waals surface area contributed by atoms with Crippen LogP contribution in [0.1, 0.15) is 16.7 Å². The van der Waals surface area contributed by atoms with Crippen LogP contribution in [0.25, 0.3) is 10.9 Å². The number of aromatic amines is 1. The number of H-pyrrole nitrogens is 1. The van der Waals surface area contributed by atoms with E-state index in [4.69, 9.17) is 5.11 Å². The van der Waals surface area contributed by atoms with Crippen molar-refractivity contribution in [2.75, 3.05) is 6.61 Å². The Hall–Kier alpha value is -1.28. The van der Waals surface area contributed by atoms with E-state index in [9.17, 15) is 0 Å². The molecule has 0 saturated carbocycles. The number of fused-ring (bicyclic) bond motifs is 1. The summed E-state index contributed by atoms with van der Waals surface area (Å²) in [5, 5.41) is 10.2. The molecule has 0 spiro atoms. The average Bonchev–Trinajstić information content (AvgIpc) is 2.49. The minimum atomic E-state index is 0.208. The van der Waals surface area contributed by atoms with Crippen molar-refractivity contribution < 1.29 is 5.11 Å². The molecule has 0 bridgehead atoms. The van der Waals surface area contributed by atoms with Crippen LogP contribution in [0.5, 0.6) is 0 Å². The van der Waals surface area contributed by atoms with Gasteiger partial charge in [-0.05, 0) is 37.5 Å². The molecule has 0 radical (unpaired) electrons. The van der Waals surface area contributed by atoms with Gasteiger partial charge in [-0.1, -0.05) is 11.6 Å². The number of nitrogens with one attached hydrogen (secondary N) is 1. The molecule has 0 unspecified atom stereocenters. The van der Waals surface area contributed by atoms with Crippen LogP contribution in [0.15, 0.2) is 18.3 Å². The van der Waals surface area contributed by atoms with Crippen molar-refractivity contribution in [2.45, 2.75) is 20.3 Å². The predicted molar refractivity (Wildman–Crippen MR) is 58.6 cm³/mol. The second kappa shape index (κ2) is 3.46. The van der Waals surface area contributed by atoms with Gasteiger partial charge in [0.25, 0.3) is 0 Å². The van der Waals surface area contributed by atoms with E-state index in [1.807, 2.05) is 6.20 Å². The van der Waals surface area contributed by atoms with Crippen LogP contribution in [0.3, 0.4) is 0 Å². The summed E-state index contributed by atoms with van der Waals surface area (Å²) in [6.07, 6.45) is 2.72. The highest BCUT2D eigenvalue weighted by molar-refractivity contribution is 5.86. The van der Waals surface area contributed by atoms with E-state index in [2.05, 4.69) is 31.0 Å². The summed E-state index contributed by atoms with van der Waals surface area (Å²) >= 11 is 0. The number of aromatic nitrogens is 1. The maximum Gasteiger partial charge on any atom is 0.0486 e. The Bertz CT molecular complexity index is 457. The summed E-state index contributed by atoms with van der Waals surface area (Å²) in [5.41, 5.74) is 4.94. The zero-order chi connectivity index (χ0) is 10.1. The van der Waals surface area contributed by atoms with E-state index in [1.54, 1.807) is 0 Å². The van der Waals surface area contributed by atoms with Crippen molar-refractivity contribution in [1.29, 1.82) is 0 Å². The molecule has 14 heavy (non-hydrogen) atoms. The molecule has 2 N–H and O–H groups in total. The monoisotopic (exact) mass is 189 g/mol. The second-order valence-electron chi connectivity index (χ2n) is 3.79. The number of hydrogen-bond acceptors (Lipinski definition) is 1. The van der Waals surface area contributed by atoms with Crippen molar-refractivity contribution >= 4 is 10.9 Å². The van der Waals surface area contributed by atoms with Gasteiger partial charge in [0.2, 0.25) is 0 Å². The summed E-state index contributed by atoms with van der Waals surface area (Å²) in [6, 6.07) is 4.34. The number of aliphatic hydroxyl groups is 1. The number of aryl methyl sites for hydroxylation is 2. The van der Waals surface area contributed by atoms with Crippen molar-refractivity contribution in [2.24, 2.45) is 0 Å². The fraction of sp³-hybridized carbons (Fsp3) is 0.333. The van der Waals surface area contributed by atoms with Crippen LogP contribution in [0.2, 0.25) is 0 Å². The fourth-order valence-electron chi connectivity index (χ4n) is 1.98. The quantitative estimate of drug-likeness (QED) is 0.747. The molecular formula is C12H15NO. The molecule has 1 aromatic heterocycles. The maximum atomic E-state index is 8.92. The normalized spacial score (nSPS) is 11.1. The summed E-state index contributed by atoms with van der Waals surface area (Å²) < 4.78 is 0. The molecule has 2 heteroatoms. The molecule has 0 aliphatic heterocycles. The molecule has 74 valence electrons. The second-order valence-corrected chi connectivity index (χ2v) is 3.79. The third-order valence-corrected chi connectivity index (χ3v) is 2.60. The van der Waals surface area contributed by atoms with Gasteiger partial charge >= 0.3 is 0 Å². The molecule has 0 atom stereocenters. The molecule has 2 aromatic rings. The molecule has 1 heterocycles. The van der Waals surface area contributed by atoms with Gasteiger partial charge in [-0.3, -0.25) is 0 Å². The van der Waals surface area contributed by atoms with Gasteiger partial charge in [-0.15, -0.1) is 0 Å². The Labute approximate surface area is 83.6 Å². The summed E-state index contributed by atoms with van der Waals surface area (Å²) in [7, 11) is 0. The van der Waals surface area contributed by atoms with E-state index in [-0.39, 0.29) is 6.61 Å². The summed E-state index contributed by atoms with van der Waals surface area (Å²) in [5.74, 6) is 0. The molecule has 2 nitrogen and oxygen atoms in total. The molecule has 1 aromatic carbocycles. The van der Waals surface area contributed by atoms with Crippen molar-refractivity contribution in [1.82, 2.24) is 4.98 Å². The van der Waals surface area contributed by atoms with E-state index in [0.29, 0.717) is 0 Å². The summed E-state index contributed by atoms with van der Waals surface area (Å²) in [6.45, 7) is 4.41. The third-order valence-electron chi connectivity index (χ3n) is 2.60. The van der Waals surface area contributed by atoms with E-state index in [0.717, 1.165) is 6.42 Å². The highest BCUT2D eigenvalue weighted by Crippen LogP contribution is 2.23. The average molecular weight is 189 g/mol. The zero-order valence-electron chi connectivity index (χ0n) is 8.59. The van der Waals surface area contributed by atoms with Crippen molar-refractivity contribution in [3.63, 3.8) is 0 Å². The lowest BCUT2D eigenvalue weighted by Gasteiger charge is -2.00. The Morgan fingerprint density at radius 3 is 2.79 bits per heavy atom. The summed E-state index contributed by atoms with van der Waals surface area (Å²) in [4.78, 5) is 3.26. The van der Waals surface area contributed by atoms with Crippen LogP contribution < -0.4 is 0 Å². The largest absolute Gasteiger partial charge is 0.396 e. The third kappa shape index (κ3) is 1.42. The van der Waals surface area contributed by atoms with Gasteiger partial charge in [-0.25, -0.2) is 0 Å². The lowest BCUT2D eigenvalue weighted by Crippen LogP contribution is -1.88. The Kier molecular flexibility index (Phi) is 2.30. The topological polar surface area (TPSA) is 36.0 Å². The SMILES string of the molecule is Cc1cc(C)c2[nH]cc(CCO)c2c1. The smallest absolute Gasteiger partial charge is 0.0486 e. The molecule has 0 aliphatic carbocycles. The van der Waals surface area contributed by atoms with Crippen LogP contribution >= 0.6 is 0 Å². The zero-order valence-corrected chi connectivity index (χ0v) is 8.59. The first kappa shape index (κ1) is 9.28. The minimum absolute atomic E-state index is 0.208. The van der Waals surface area contributed by atoms with Crippen LogP contribution in [0.4, 0.5) is 0 Å². The molecular weight excluding hydrogens is 174 g/mol. The van der Waals surface area contributed by atoms with Gasteiger partial charge in [0, 0.05) is 23.7 Å². The van der Waals surface area contributed by atoms with Gasteiger partial charge in [0.15, 0.2) is 0 Å². The van der Waals surface area contributed by atoms with Gasteiger partial charge in [-0.2, -0.15) is 0 Å². The number of hydrogen-bond donors (Lipinski definition) is 2. The van der Waals surface area contributed by atoms with Gasteiger partial charge in [0.05, 0.1) is 0 Å². The Balaban J connectivity index is 2.66. The molecule has 0 fully saturated rings. The van der Waals surface area contributed by atoms with Gasteiger partial charge < -0.3 is 10.1 Å². The molecule has 0 saturated heterocycles. The lowest BCUT2D eigenvalue weighted by molar-refractivity contribution is 0.300. The first-order valence-corrected chi connectivity index (χ1v) is 4.90. The van der Waals surface area contributed by atoms with Crippen molar-refractivity contribution in [3.8, 4) is 0 Å². The Morgan fingerprint density at radius 2 is 2.07 bits per heavy atom. The number of rotatable bonds is 2. The van der Waals surface area contributed by atoms with Gasteiger partial charge in [0.1, 0.15) is 0 Å². The van der Waals surface area contributed by atoms with Crippen LogP contribution in [-0.2, 0) is 6.42 Å². The first-order chi connectivity index (χ1) is 6.72. The highest BCUT2D eigenvalue weighted by atomic mass is 16.2. The fourth-order valence-corrected chi connectivity index (χ4v) is 1.98. The number of aliphatic hydroxyl groups excluding tert-OH is 1. The first-order valence-electron chi connectivity index (χ1n) is 4.90. The van der Waals surface area contributed by atoms with E-state index < -0.39 is 0 Å². The van der Waals surface area contributed by atoms with E-state index >= 15 is 0 Å². The highest BCUT2D eigenvalue weighted by Gasteiger charge is 2.05. The lowest BCUT2D eigenvalue weighted by atomic mass is 10.0. The molecule has 0 aliphatic rings. The standard InChI is InChI=1S/C12H15NO/c1-8-5-9(2)12-11(6-8)10(3-4-14)7-13-12/h5-7,13-14H,3-4H2,1-2H3. The molecule has 2 rings (SSSR count). The molecule has 0 amide bonds. The van der Waals surface area contributed by atoms with E-state index in [1.165, 1.54) is 27.6 Å². The predicted octanol–water partition coefficient (Wildman–Crippen LogP) is 2.32. The number of benzene rings is 1.